The summed E-state index contributed by atoms with van der Waals surface area (Å²) in [5, 5.41) is 0. The fourth-order valence-corrected chi connectivity index (χ4v) is 3.01. The van der Waals surface area contributed by atoms with E-state index in [9.17, 15) is 4.79 Å². The highest BCUT2D eigenvalue weighted by Gasteiger charge is 2.24. The van der Waals surface area contributed by atoms with E-state index in [1.54, 1.807) is 19.3 Å². The monoisotopic (exact) mass is 415 g/mol. The molecule has 5 nitrogen and oxygen atoms in total. The standard InChI is InChI=1S/C20H18BrNO4/c1-3-9-25-18-15(21)10-13(12-17(18)24-2)11-16-20(23)26-19(22-16)14-7-5-4-6-8-14/h4-8,10-12H,3,9H2,1-2H3/b16-11-. The van der Waals surface area contributed by atoms with Crippen LogP contribution in [0.5, 0.6) is 11.5 Å². The van der Waals surface area contributed by atoms with E-state index >= 15 is 0 Å². The third-order valence-electron chi connectivity index (χ3n) is 3.65. The molecule has 0 amide bonds. The largest absolute Gasteiger partial charge is 0.493 e. The van der Waals surface area contributed by atoms with Gasteiger partial charge in [0, 0.05) is 5.56 Å². The minimum Gasteiger partial charge on any atom is -0.493 e. The average molecular weight is 416 g/mol. The van der Waals surface area contributed by atoms with Crippen LogP contribution in [0.1, 0.15) is 24.5 Å². The number of cyclic esters (lactones) is 1. The van der Waals surface area contributed by atoms with E-state index in [0.29, 0.717) is 24.0 Å². The SMILES string of the molecule is CCCOc1c(Br)cc(/C=C2\N=C(c3ccccc3)OC2=O)cc1OC. The van der Waals surface area contributed by atoms with E-state index in [1.807, 2.05) is 43.3 Å². The quantitative estimate of drug-likeness (QED) is 0.511. The zero-order valence-electron chi connectivity index (χ0n) is 14.5. The Bertz CT molecular complexity index is 875. The van der Waals surface area contributed by atoms with Gasteiger partial charge in [-0.1, -0.05) is 25.1 Å². The molecular weight excluding hydrogens is 398 g/mol. The molecule has 2 aromatic rings. The normalized spacial score (nSPS) is 15.0. The van der Waals surface area contributed by atoms with E-state index in [4.69, 9.17) is 14.2 Å². The smallest absolute Gasteiger partial charge is 0.363 e. The molecule has 0 saturated heterocycles. The molecule has 0 aliphatic carbocycles. The summed E-state index contributed by atoms with van der Waals surface area (Å²) < 4.78 is 17.1. The third kappa shape index (κ3) is 3.96. The number of carbonyl (C=O) groups is 1. The molecule has 26 heavy (non-hydrogen) atoms. The predicted molar refractivity (Wildman–Crippen MR) is 104 cm³/mol. The van der Waals surface area contributed by atoms with E-state index in [0.717, 1.165) is 22.0 Å². The summed E-state index contributed by atoms with van der Waals surface area (Å²) in [6.07, 6.45) is 2.55. The number of nitrogens with zero attached hydrogens (tertiary/aromatic N) is 1. The van der Waals surface area contributed by atoms with Crippen LogP contribution in [0.4, 0.5) is 0 Å². The maximum absolute atomic E-state index is 12.1. The summed E-state index contributed by atoms with van der Waals surface area (Å²) in [5.41, 5.74) is 1.74. The Hall–Kier alpha value is -2.60. The summed E-state index contributed by atoms with van der Waals surface area (Å²) in [7, 11) is 1.58. The van der Waals surface area contributed by atoms with E-state index in [2.05, 4.69) is 20.9 Å². The van der Waals surface area contributed by atoms with Crippen molar-refractivity contribution in [1.29, 1.82) is 0 Å². The minimum atomic E-state index is -0.481. The number of halogens is 1. The van der Waals surface area contributed by atoms with Gasteiger partial charge in [-0.05, 0) is 58.3 Å². The molecular formula is C20H18BrNO4. The second-order valence-corrected chi connectivity index (χ2v) is 6.44. The van der Waals surface area contributed by atoms with E-state index < -0.39 is 5.97 Å². The van der Waals surface area contributed by atoms with Crippen molar-refractivity contribution in [2.24, 2.45) is 4.99 Å². The van der Waals surface area contributed by atoms with Crippen LogP contribution >= 0.6 is 15.9 Å². The van der Waals surface area contributed by atoms with Crippen LogP contribution < -0.4 is 9.47 Å². The highest BCUT2D eigenvalue weighted by atomic mass is 79.9. The van der Waals surface area contributed by atoms with Crippen molar-refractivity contribution in [3.63, 3.8) is 0 Å². The number of methoxy groups -OCH3 is 1. The first-order chi connectivity index (χ1) is 12.6. The Morgan fingerprint density at radius 2 is 2.00 bits per heavy atom. The second kappa shape index (κ2) is 8.19. The number of aliphatic imine (C=N–C) groups is 1. The molecule has 0 bridgehead atoms. The highest BCUT2D eigenvalue weighted by Crippen LogP contribution is 2.37. The molecule has 134 valence electrons. The number of hydrogen-bond donors (Lipinski definition) is 0. The first kappa shape index (κ1) is 18.2. The zero-order chi connectivity index (χ0) is 18.5. The van der Waals surface area contributed by atoms with Crippen molar-refractivity contribution >= 4 is 33.9 Å². The van der Waals surface area contributed by atoms with Gasteiger partial charge >= 0.3 is 5.97 Å². The molecule has 0 spiro atoms. The molecule has 0 unspecified atom stereocenters. The molecule has 1 heterocycles. The summed E-state index contributed by atoms with van der Waals surface area (Å²) in [6, 6.07) is 13.0. The van der Waals surface area contributed by atoms with Gasteiger partial charge in [0.15, 0.2) is 17.2 Å². The topological polar surface area (TPSA) is 57.1 Å². The molecule has 0 fully saturated rings. The Kier molecular flexibility index (Phi) is 5.73. The maximum atomic E-state index is 12.1. The van der Waals surface area contributed by atoms with Gasteiger partial charge in [-0.15, -0.1) is 0 Å². The number of esters is 1. The Morgan fingerprint density at radius 3 is 2.69 bits per heavy atom. The fourth-order valence-electron chi connectivity index (χ4n) is 2.44. The van der Waals surface area contributed by atoms with Gasteiger partial charge in [-0.3, -0.25) is 0 Å². The average Bonchev–Trinajstić information content (AvgIpc) is 3.02. The fraction of sp³-hybridized carbons (Fsp3) is 0.200. The number of benzene rings is 2. The van der Waals surface area contributed by atoms with Crippen molar-refractivity contribution in [2.45, 2.75) is 13.3 Å². The Balaban J connectivity index is 1.93. The summed E-state index contributed by atoms with van der Waals surface area (Å²) >= 11 is 3.50. The molecule has 0 N–H and O–H groups in total. The first-order valence-corrected chi connectivity index (χ1v) is 9.00. The van der Waals surface area contributed by atoms with Gasteiger partial charge in [0.25, 0.3) is 0 Å². The highest BCUT2D eigenvalue weighted by molar-refractivity contribution is 9.10. The van der Waals surface area contributed by atoms with Gasteiger partial charge in [0.1, 0.15) is 0 Å². The van der Waals surface area contributed by atoms with Crippen LogP contribution in [0, 0.1) is 0 Å². The summed E-state index contributed by atoms with van der Waals surface area (Å²) in [6.45, 7) is 2.62. The number of rotatable bonds is 6. The Morgan fingerprint density at radius 1 is 1.23 bits per heavy atom. The van der Waals surface area contributed by atoms with E-state index in [1.165, 1.54) is 0 Å². The Labute approximate surface area is 160 Å². The van der Waals surface area contributed by atoms with E-state index in [-0.39, 0.29) is 5.70 Å². The third-order valence-corrected chi connectivity index (χ3v) is 4.24. The number of carbonyl (C=O) groups excluding carboxylic acids is 1. The lowest BCUT2D eigenvalue weighted by Gasteiger charge is -2.13. The first-order valence-electron chi connectivity index (χ1n) is 8.20. The summed E-state index contributed by atoms with van der Waals surface area (Å²) in [5.74, 6) is 1.04. The van der Waals surface area contributed by atoms with Crippen LogP contribution in [0.3, 0.4) is 0 Å². The van der Waals surface area contributed by atoms with Gasteiger partial charge in [0.05, 0.1) is 18.2 Å². The van der Waals surface area contributed by atoms with Gasteiger partial charge < -0.3 is 14.2 Å². The summed E-state index contributed by atoms with van der Waals surface area (Å²) in [4.78, 5) is 16.4. The molecule has 0 atom stereocenters. The van der Waals surface area contributed by atoms with Crippen molar-refractivity contribution in [1.82, 2.24) is 0 Å². The van der Waals surface area contributed by atoms with Crippen molar-refractivity contribution < 1.29 is 19.0 Å². The predicted octanol–water partition coefficient (Wildman–Crippen LogP) is 4.59. The molecule has 0 aromatic heterocycles. The molecule has 3 rings (SSSR count). The van der Waals surface area contributed by atoms with Gasteiger partial charge in [-0.2, -0.15) is 0 Å². The zero-order valence-corrected chi connectivity index (χ0v) is 16.1. The van der Waals surface area contributed by atoms with Gasteiger partial charge in [0.2, 0.25) is 5.90 Å². The number of ether oxygens (including phenoxy) is 3. The van der Waals surface area contributed by atoms with Crippen molar-refractivity contribution in [3.05, 3.63) is 63.8 Å². The molecule has 6 heteroatoms. The molecule has 0 radical (unpaired) electrons. The molecule has 1 aliphatic heterocycles. The number of hydrogen-bond acceptors (Lipinski definition) is 5. The molecule has 0 saturated carbocycles. The van der Waals surface area contributed by atoms with Crippen molar-refractivity contribution in [3.8, 4) is 11.5 Å². The maximum Gasteiger partial charge on any atom is 0.363 e. The molecule has 1 aliphatic rings. The lowest BCUT2D eigenvalue weighted by atomic mass is 10.1. The molecule has 2 aromatic carbocycles. The minimum absolute atomic E-state index is 0.236. The van der Waals surface area contributed by atoms with Crippen LogP contribution in [0.25, 0.3) is 6.08 Å². The van der Waals surface area contributed by atoms with Crippen LogP contribution in [-0.4, -0.2) is 25.6 Å². The van der Waals surface area contributed by atoms with Crippen molar-refractivity contribution in [2.75, 3.05) is 13.7 Å². The van der Waals surface area contributed by atoms with Crippen LogP contribution in [-0.2, 0) is 9.53 Å². The lowest BCUT2D eigenvalue weighted by Crippen LogP contribution is -2.05. The second-order valence-electron chi connectivity index (χ2n) is 5.58. The lowest BCUT2D eigenvalue weighted by molar-refractivity contribution is -0.129. The van der Waals surface area contributed by atoms with Crippen LogP contribution in [0.15, 0.2) is 57.6 Å². The van der Waals surface area contributed by atoms with Crippen LogP contribution in [0.2, 0.25) is 0 Å². The van der Waals surface area contributed by atoms with Gasteiger partial charge in [-0.25, -0.2) is 9.79 Å².